The van der Waals surface area contributed by atoms with Gasteiger partial charge in [-0.25, -0.2) is 4.68 Å². The second kappa shape index (κ2) is 8.45. The molecule has 0 unspecified atom stereocenters. The molecule has 0 bridgehead atoms. The zero-order valence-electron chi connectivity index (χ0n) is 14.5. The molecule has 1 aromatic heterocycles. The molecule has 6 heteroatoms. The first kappa shape index (κ1) is 17.9. The molecule has 25 heavy (non-hydrogen) atoms. The van der Waals surface area contributed by atoms with Crippen molar-refractivity contribution in [3.05, 3.63) is 52.0 Å². The summed E-state index contributed by atoms with van der Waals surface area (Å²) in [5.41, 5.74) is 4.33. The molecule has 132 valence electrons. The van der Waals surface area contributed by atoms with E-state index in [1.54, 1.807) is 7.11 Å². The minimum Gasteiger partial charge on any atom is -0.497 e. The molecule has 2 aromatic carbocycles. The van der Waals surface area contributed by atoms with Crippen LogP contribution in [0.5, 0.6) is 5.75 Å². The van der Waals surface area contributed by atoms with Crippen LogP contribution in [-0.4, -0.2) is 28.7 Å². The van der Waals surface area contributed by atoms with E-state index in [0.717, 1.165) is 58.4 Å². The highest BCUT2D eigenvalue weighted by atomic mass is 79.9. The van der Waals surface area contributed by atoms with E-state index in [9.17, 15) is 0 Å². The quantitative estimate of drug-likeness (QED) is 0.519. The summed E-state index contributed by atoms with van der Waals surface area (Å²) in [6.45, 7) is 4.27. The molecule has 0 aliphatic heterocycles. The number of unbranched alkanes of at least 4 members (excludes halogenated alkanes) is 1. The summed E-state index contributed by atoms with van der Waals surface area (Å²) in [7, 11) is 1.67. The summed E-state index contributed by atoms with van der Waals surface area (Å²) in [4.78, 5) is 0. The number of ether oxygens (including phenoxy) is 2. The van der Waals surface area contributed by atoms with Gasteiger partial charge in [-0.15, -0.1) is 5.10 Å². The first-order chi connectivity index (χ1) is 12.2. The van der Waals surface area contributed by atoms with Gasteiger partial charge >= 0.3 is 0 Å². The Bertz CT molecular complexity index is 831. The Hall–Kier alpha value is -1.92. The topological polar surface area (TPSA) is 49.2 Å². The Kier molecular flexibility index (Phi) is 6.04. The van der Waals surface area contributed by atoms with E-state index in [1.165, 1.54) is 0 Å². The number of rotatable bonds is 8. The first-order valence-electron chi connectivity index (χ1n) is 8.38. The van der Waals surface area contributed by atoms with Crippen molar-refractivity contribution >= 4 is 27.0 Å². The fourth-order valence-corrected chi connectivity index (χ4v) is 3.01. The van der Waals surface area contributed by atoms with Gasteiger partial charge in [-0.1, -0.05) is 33.3 Å². The van der Waals surface area contributed by atoms with Crippen molar-refractivity contribution in [2.24, 2.45) is 0 Å². The van der Waals surface area contributed by atoms with Gasteiger partial charge in [0.1, 0.15) is 11.3 Å². The third-order valence-corrected chi connectivity index (χ3v) is 5.07. The summed E-state index contributed by atoms with van der Waals surface area (Å²) in [5.74, 6) is 0.867. The highest BCUT2D eigenvalue weighted by molar-refractivity contribution is 9.10. The minimum absolute atomic E-state index is 0.628. The second-order valence-electron chi connectivity index (χ2n) is 5.96. The number of hydrogen-bond donors (Lipinski definition) is 0. The van der Waals surface area contributed by atoms with Crippen LogP contribution < -0.4 is 4.74 Å². The summed E-state index contributed by atoms with van der Waals surface area (Å²) in [6.07, 6.45) is 2.00. The largest absolute Gasteiger partial charge is 0.497 e. The number of aromatic nitrogens is 3. The van der Waals surface area contributed by atoms with Crippen LogP contribution in [0.2, 0.25) is 0 Å². The van der Waals surface area contributed by atoms with Crippen molar-refractivity contribution in [2.45, 2.75) is 32.9 Å². The number of nitrogens with zero attached hydrogens (tertiary/aromatic N) is 3. The van der Waals surface area contributed by atoms with Crippen molar-refractivity contribution < 1.29 is 9.47 Å². The van der Waals surface area contributed by atoms with Crippen LogP contribution in [0.25, 0.3) is 11.0 Å². The number of hydrogen-bond acceptors (Lipinski definition) is 4. The predicted molar refractivity (Wildman–Crippen MR) is 102 cm³/mol. The monoisotopic (exact) mass is 403 g/mol. The number of methoxy groups -OCH3 is 1. The van der Waals surface area contributed by atoms with Crippen LogP contribution in [-0.2, 0) is 17.9 Å². The van der Waals surface area contributed by atoms with Gasteiger partial charge in [-0.3, -0.25) is 0 Å². The molecule has 0 aliphatic carbocycles. The average Bonchev–Trinajstić information content (AvgIpc) is 3.05. The van der Waals surface area contributed by atoms with Crippen LogP contribution in [0.3, 0.4) is 0 Å². The molecule has 0 saturated heterocycles. The van der Waals surface area contributed by atoms with Gasteiger partial charge in [0.2, 0.25) is 0 Å². The van der Waals surface area contributed by atoms with Crippen LogP contribution in [0.1, 0.15) is 24.0 Å². The van der Waals surface area contributed by atoms with E-state index >= 15 is 0 Å². The molecule has 0 fully saturated rings. The van der Waals surface area contributed by atoms with Crippen LogP contribution in [0.15, 0.2) is 40.9 Å². The van der Waals surface area contributed by atoms with E-state index in [4.69, 9.17) is 9.47 Å². The fraction of sp³-hybridized carbons (Fsp3) is 0.368. The van der Waals surface area contributed by atoms with Crippen molar-refractivity contribution in [3.8, 4) is 5.75 Å². The Morgan fingerprint density at radius 2 is 1.88 bits per heavy atom. The number of benzene rings is 2. The molecule has 0 aliphatic rings. The minimum atomic E-state index is 0.628. The molecule has 0 atom stereocenters. The molecular formula is C19H22BrN3O2. The molecule has 0 saturated carbocycles. The Labute approximate surface area is 156 Å². The fourth-order valence-electron chi connectivity index (χ4n) is 2.69. The van der Waals surface area contributed by atoms with Crippen molar-refractivity contribution in [3.63, 3.8) is 0 Å². The standard InChI is InChI=1S/C19H22BrN3O2/c1-14-17(20)9-10-18-19(14)21-22-23(18)11-3-4-12-25-13-15-5-7-16(24-2)8-6-15/h5-10H,3-4,11-13H2,1-2H3. The van der Waals surface area contributed by atoms with Crippen molar-refractivity contribution in [1.29, 1.82) is 0 Å². The molecule has 5 nitrogen and oxygen atoms in total. The number of halogens is 1. The lowest BCUT2D eigenvalue weighted by molar-refractivity contribution is 0.116. The Morgan fingerprint density at radius 1 is 1.08 bits per heavy atom. The lowest BCUT2D eigenvalue weighted by Gasteiger charge is -2.06. The molecule has 3 rings (SSSR count). The van der Waals surface area contributed by atoms with Crippen molar-refractivity contribution in [2.75, 3.05) is 13.7 Å². The first-order valence-corrected chi connectivity index (χ1v) is 9.17. The van der Waals surface area contributed by atoms with Crippen LogP contribution in [0.4, 0.5) is 0 Å². The molecule has 3 aromatic rings. The van der Waals surface area contributed by atoms with Gasteiger partial charge in [-0.05, 0) is 55.2 Å². The van der Waals surface area contributed by atoms with E-state index in [1.807, 2.05) is 28.9 Å². The maximum absolute atomic E-state index is 5.74. The molecule has 1 heterocycles. The maximum atomic E-state index is 5.74. The highest BCUT2D eigenvalue weighted by Crippen LogP contribution is 2.23. The number of fused-ring (bicyclic) bond motifs is 1. The van der Waals surface area contributed by atoms with E-state index in [0.29, 0.717) is 6.61 Å². The van der Waals surface area contributed by atoms with Gasteiger partial charge in [0.25, 0.3) is 0 Å². The van der Waals surface area contributed by atoms with E-state index < -0.39 is 0 Å². The van der Waals surface area contributed by atoms with Crippen molar-refractivity contribution in [1.82, 2.24) is 15.0 Å². The van der Waals surface area contributed by atoms with E-state index in [-0.39, 0.29) is 0 Å². The lowest BCUT2D eigenvalue weighted by atomic mass is 10.2. The van der Waals surface area contributed by atoms with Crippen LogP contribution >= 0.6 is 15.9 Å². The normalized spacial score (nSPS) is 11.2. The molecule has 0 spiro atoms. The van der Waals surface area contributed by atoms with Crippen LogP contribution in [0, 0.1) is 6.92 Å². The van der Waals surface area contributed by atoms with Gasteiger partial charge in [0.15, 0.2) is 0 Å². The highest BCUT2D eigenvalue weighted by Gasteiger charge is 2.08. The third-order valence-electron chi connectivity index (χ3n) is 4.21. The Balaban J connectivity index is 1.42. The average molecular weight is 404 g/mol. The van der Waals surface area contributed by atoms with E-state index in [2.05, 4.69) is 45.3 Å². The second-order valence-corrected chi connectivity index (χ2v) is 6.81. The van der Waals surface area contributed by atoms with Gasteiger partial charge in [-0.2, -0.15) is 0 Å². The number of aryl methyl sites for hydroxylation is 2. The van der Waals surface area contributed by atoms with Gasteiger partial charge in [0, 0.05) is 17.6 Å². The zero-order valence-corrected chi connectivity index (χ0v) is 16.1. The van der Waals surface area contributed by atoms with Gasteiger partial charge in [0.05, 0.1) is 19.2 Å². The molecular weight excluding hydrogens is 382 g/mol. The summed E-state index contributed by atoms with van der Waals surface area (Å²) < 4.78 is 13.9. The summed E-state index contributed by atoms with van der Waals surface area (Å²) >= 11 is 3.53. The smallest absolute Gasteiger partial charge is 0.118 e. The maximum Gasteiger partial charge on any atom is 0.118 e. The molecule has 0 N–H and O–H groups in total. The lowest BCUT2D eigenvalue weighted by Crippen LogP contribution is -2.03. The summed E-state index contributed by atoms with van der Waals surface area (Å²) in [6, 6.07) is 12.1. The molecule has 0 radical (unpaired) electrons. The SMILES string of the molecule is COc1ccc(COCCCCn2nnc3c(C)c(Br)ccc32)cc1. The predicted octanol–water partition coefficient (Wildman–Crippen LogP) is 4.51. The van der Waals surface area contributed by atoms with Gasteiger partial charge < -0.3 is 9.47 Å². The zero-order chi connectivity index (χ0) is 17.6. The third kappa shape index (κ3) is 4.38. The molecule has 0 amide bonds. The summed E-state index contributed by atoms with van der Waals surface area (Å²) in [5, 5.41) is 8.56. The Morgan fingerprint density at radius 3 is 2.64 bits per heavy atom.